The van der Waals surface area contributed by atoms with Crippen LogP contribution in [0.5, 0.6) is 17.2 Å². The molecule has 13 heteroatoms. The van der Waals surface area contributed by atoms with Crippen LogP contribution in [-0.2, 0) is 37.8 Å². The van der Waals surface area contributed by atoms with Crippen molar-refractivity contribution in [1.29, 1.82) is 0 Å². The number of phenols is 2. The molecule has 0 aromatic heterocycles. The summed E-state index contributed by atoms with van der Waals surface area (Å²) in [6.07, 6.45) is -5.12. The smallest absolute Gasteiger partial charge is 0.202 e. The van der Waals surface area contributed by atoms with E-state index in [-0.39, 0.29) is 51.5 Å². The van der Waals surface area contributed by atoms with Gasteiger partial charge in [-0.25, -0.2) is 0 Å². The van der Waals surface area contributed by atoms with Crippen LogP contribution in [0.3, 0.4) is 0 Å². The predicted molar refractivity (Wildman–Crippen MR) is 132 cm³/mol. The first-order chi connectivity index (χ1) is 18.4. The number of hydrogen-bond donors (Lipinski definition) is 6. The Labute approximate surface area is 239 Å². The van der Waals surface area contributed by atoms with Crippen LogP contribution in [0.25, 0.3) is 0 Å². The summed E-state index contributed by atoms with van der Waals surface area (Å²) in [5.74, 6) is -3.77. The van der Waals surface area contributed by atoms with Crippen LogP contribution < -0.4 is 10.5 Å². The average Bonchev–Trinajstić information content (AvgIpc) is 2.90. The predicted octanol–water partition coefficient (Wildman–Crippen LogP) is -0.00120. The molecule has 2 aromatic rings. The molecule has 1 aliphatic heterocycles. The number of carbonyl (C=O) groups excluding carboxylic acids is 3. The Morgan fingerprint density at radius 1 is 1.15 bits per heavy atom. The van der Waals surface area contributed by atoms with Gasteiger partial charge in [0, 0.05) is 59.1 Å². The average molecular weight is 599 g/mol. The molecule has 2 aliphatic carbocycles. The fourth-order valence-electron chi connectivity index (χ4n) is 5.75. The summed E-state index contributed by atoms with van der Waals surface area (Å²) >= 11 is 0. The molecular weight excluding hydrogens is 570 g/mol. The quantitative estimate of drug-likeness (QED) is 0.169. The normalized spacial score (nSPS) is 29.1. The summed E-state index contributed by atoms with van der Waals surface area (Å²) in [7, 11) is 1.32. The van der Waals surface area contributed by atoms with Crippen molar-refractivity contribution in [1.82, 2.24) is 0 Å². The number of nitrogens with two attached hydrogens (primary N) is 1. The van der Waals surface area contributed by atoms with E-state index in [9.17, 15) is 39.9 Å². The molecule has 1 saturated heterocycles. The van der Waals surface area contributed by atoms with Gasteiger partial charge in [-0.3, -0.25) is 14.4 Å². The van der Waals surface area contributed by atoms with Gasteiger partial charge in [0.15, 0.2) is 17.9 Å². The number of benzene rings is 2. The van der Waals surface area contributed by atoms with E-state index in [2.05, 4.69) is 0 Å². The first-order valence-corrected chi connectivity index (χ1v) is 12.4. The number of fused-ring (bicyclic) bond motifs is 3. The minimum atomic E-state index is -2.24. The van der Waals surface area contributed by atoms with Crippen LogP contribution in [0.4, 0.5) is 0 Å². The number of rotatable bonds is 5. The summed E-state index contributed by atoms with van der Waals surface area (Å²) in [5, 5.41) is 53.7. The second-order valence-electron chi connectivity index (χ2n) is 10.2. The topological polar surface area (TPSA) is 206 Å². The maximum Gasteiger partial charge on any atom is 0.202 e. The minimum absolute atomic E-state index is 0. The third-order valence-electron chi connectivity index (χ3n) is 7.81. The van der Waals surface area contributed by atoms with Crippen LogP contribution in [0.1, 0.15) is 68.8 Å². The van der Waals surface area contributed by atoms with Gasteiger partial charge < -0.3 is 45.5 Å². The van der Waals surface area contributed by atoms with Gasteiger partial charge in [0.25, 0.3) is 0 Å². The van der Waals surface area contributed by atoms with Gasteiger partial charge >= 0.3 is 0 Å². The molecule has 6 atom stereocenters. The zero-order chi connectivity index (χ0) is 28.4. The van der Waals surface area contributed by atoms with E-state index in [4.69, 9.17) is 19.9 Å². The number of aromatic hydroxyl groups is 2. The van der Waals surface area contributed by atoms with Crippen molar-refractivity contribution in [2.75, 3.05) is 13.7 Å². The molecule has 0 radical (unpaired) electrons. The molecule has 3 aliphatic rings. The maximum atomic E-state index is 13.6. The fraction of sp³-hybridized carbons (Fsp3) is 0.444. The van der Waals surface area contributed by atoms with E-state index >= 15 is 0 Å². The summed E-state index contributed by atoms with van der Waals surface area (Å²) in [6, 6.07) is 3.64. The SMILES string of the molecule is COc1cccc2c1C(=O)c1c(O)c3c(c(O)c1C2=O)C[C@@](O)(C(=O)CO)C[C@@H]3OC1CC(N)C(O)C(C)O1.[Fe]. The Morgan fingerprint density at radius 2 is 1.82 bits per heavy atom. The van der Waals surface area contributed by atoms with E-state index in [1.54, 1.807) is 6.92 Å². The molecule has 0 amide bonds. The zero-order valence-corrected chi connectivity index (χ0v) is 22.7. The second-order valence-corrected chi connectivity index (χ2v) is 10.2. The van der Waals surface area contributed by atoms with Crippen molar-refractivity contribution in [3.8, 4) is 17.2 Å². The molecule has 0 bridgehead atoms. The zero-order valence-electron chi connectivity index (χ0n) is 21.6. The molecule has 1 heterocycles. The number of aliphatic hydroxyl groups is 3. The van der Waals surface area contributed by atoms with Crippen LogP contribution in [0.2, 0.25) is 0 Å². The number of carbonyl (C=O) groups is 3. The number of ketones is 3. The van der Waals surface area contributed by atoms with Crippen molar-refractivity contribution in [2.45, 2.75) is 62.4 Å². The number of methoxy groups -OCH3 is 1. The van der Waals surface area contributed by atoms with Gasteiger partial charge in [-0.15, -0.1) is 0 Å². The monoisotopic (exact) mass is 599 g/mol. The van der Waals surface area contributed by atoms with Gasteiger partial charge in [-0.1, -0.05) is 12.1 Å². The molecule has 0 saturated carbocycles. The summed E-state index contributed by atoms with van der Waals surface area (Å²) in [4.78, 5) is 39.7. The Balaban J connectivity index is 0.00000370. The van der Waals surface area contributed by atoms with Crippen molar-refractivity contribution in [3.63, 3.8) is 0 Å². The van der Waals surface area contributed by atoms with Gasteiger partial charge in [0.05, 0.1) is 42.1 Å². The molecule has 4 unspecified atom stereocenters. The molecule has 216 valence electrons. The Kier molecular flexibility index (Phi) is 8.16. The first kappa shape index (κ1) is 30.1. The molecule has 0 spiro atoms. The van der Waals surface area contributed by atoms with E-state index in [0.717, 1.165) is 0 Å². The van der Waals surface area contributed by atoms with E-state index in [0.29, 0.717) is 0 Å². The van der Waals surface area contributed by atoms with Crippen LogP contribution in [-0.4, -0.2) is 86.7 Å². The summed E-state index contributed by atoms with van der Waals surface area (Å²) in [6.45, 7) is 0.560. The number of Topliss-reactive ketones (excluding diaryl/α,β-unsaturated/α-hetero) is 1. The molecule has 7 N–H and O–H groups in total. The number of hydrogen-bond acceptors (Lipinski definition) is 12. The van der Waals surface area contributed by atoms with Gasteiger partial charge in [-0.2, -0.15) is 0 Å². The molecular formula is C27H29FeNO11. The van der Waals surface area contributed by atoms with Crippen molar-refractivity contribution >= 4 is 17.3 Å². The molecule has 2 aromatic carbocycles. The third-order valence-corrected chi connectivity index (χ3v) is 7.81. The summed E-state index contributed by atoms with van der Waals surface area (Å²) in [5.41, 5.74) is 2.37. The van der Waals surface area contributed by atoms with Crippen LogP contribution in [0, 0.1) is 0 Å². The Hall–Kier alpha value is -2.87. The maximum absolute atomic E-state index is 13.6. The van der Waals surface area contributed by atoms with Crippen LogP contribution in [0.15, 0.2) is 18.2 Å². The number of ether oxygens (including phenoxy) is 3. The molecule has 5 rings (SSSR count). The first-order valence-electron chi connectivity index (χ1n) is 12.4. The van der Waals surface area contributed by atoms with Crippen molar-refractivity contribution < 1.29 is 71.2 Å². The largest absolute Gasteiger partial charge is 0.507 e. The van der Waals surface area contributed by atoms with Gasteiger partial charge in [0.1, 0.15) is 29.5 Å². The summed E-state index contributed by atoms with van der Waals surface area (Å²) < 4.78 is 17.0. The fourth-order valence-corrected chi connectivity index (χ4v) is 5.75. The van der Waals surface area contributed by atoms with Crippen LogP contribution >= 0.6 is 0 Å². The standard InChI is InChI=1S/C27H29NO11.Fe/c1-10-22(31)13(28)6-17(38-10)39-15-8-27(36,16(30)9-29)7-12-19(15)26(35)21-20(24(12)33)23(32)11-4-3-5-14(37-2)18(11)25(21)34;/h3-5,10,13,15,17,22,29,31,33,35-36H,6-9,28H2,1-2H3;/t10?,13?,15-,17?,22?,27-;/m0./s1. The minimum Gasteiger partial charge on any atom is -0.507 e. The van der Waals surface area contributed by atoms with Gasteiger partial charge in [-0.05, 0) is 13.0 Å². The van der Waals surface area contributed by atoms with Crippen molar-refractivity contribution in [3.05, 3.63) is 51.6 Å². The van der Waals surface area contributed by atoms with E-state index < -0.39 is 95.7 Å². The van der Waals surface area contributed by atoms with E-state index in [1.807, 2.05) is 0 Å². The van der Waals surface area contributed by atoms with Gasteiger partial charge in [0.2, 0.25) is 5.78 Å². The molecule has 12 nitrogen and oxygen atoms in total. The van der Waals surface area contributed by atoms with E-state index in [1.165, 1.54) is 25.3 Å². The van der Waals surface area contributed by atoms with Crippen molar-refractivity contribution in [2.24, 2.45) is 5.73 Å². The second kappa shape index (κ2) is 10.8. The molecule has 1 fully saturated rings. The Bertz CT molecular complexity index is 1380. The third kappa shape index (κ3) is 4.52. The number of phenolic OH excluding ortho intramolecular Hbond substituents is 2. The number of aliphatic hydroxyl groups excluding tert-OH is 2. The molecule has 40 heavy (non-hydrogen) atoms. The Morgan fingerprint density at radius 3 is 2.45 bits per heavy atom.